The van der Waals surface area contributed by atoms with Gasteiger partial charge in [0.15, 0.2) is 5.65 Å². The largest absolute Gasteiger partial charge is 0.338 e. The maximum atomic E-state index is 13.2. The Labute approximate surface area is 176 Å². The molecule has 0 amide bonds. The van der Waals surface area contributed by atoms with Crippen LogP contribution in [0.3, 0.4) is 0 Å². The molecule has 0 aliphatic heterocycles. The van der Waals surface area contributed by atoms with Gasteiger partial charge in [-0.1, -0.05) is 48.2 Å². The van der Waals surface area contributed by atoms with Crippen molar-refractivity contribution in [1.82, 2.24) is 24.7 Å². The normalized spacial score (nSPS) is 13.9. The van der Waals surface area contributed by atoms with E-state index < -0.39 is 0 Å². The van der Waals surface area contributed by atoms with E-state index in [1.165, 1.54) is 34.8 Å². The summed E-state index contributed by atoms with van der Waals surface area (Å²) in [5.41, 5.74) is 5.97. The van der Waals surface area contributed by atoms with E-state index in [1.807, 2.05) is 41.0 Å². The molecule has 0 spiro atoms. The standard InChI is InChI=1S/C23H19N5OS/c29-20(28-18-11-5-2-7-14(18)15-8-3-6-12-19(15)28)13-30-23-25-22-21(26-27-23)16-9-1-4-10-17(16)24-22/h1-2,4-5,7,9-11H,3,6,8,12-13H2,(H,24,25,27). The topological polar surface area (TPSA) is 76.5 Å². The molecule has 0 atom stereocenters. The first-order chi connectivity index (χ1) is 14.8. The summed E-state index contributed by atoms with van der Waals surface area (Å²) < 4.78 is 1.92. The van der Waals surface area contributed by atoms with Gasteiger partial charge in [-0.3, -0.25) is 9.36 Å². The third-order valence-electron chi connectivity index (χ3n) is 5.86. The Hall–Kier alpha value is -3.19. The molecule has 6 rings (SSSR count). The Morgan fingerprint density at radius 3 is 2.73 bits per heavy atom. The molecular formula is C23H19N5OS. The number of hydrogen-bond donors (Lipinski definition) is 1. The zero-order chi connectivity index (χ0) is 20.1. The second-order valence-electron chi connectivity index (χ2n) is 7.63. The van der Waals surface area contributed by atoms with Crippen LogP contribution in [0.15, 0.2) is 53.7 Å². The number of fused-ring (bicyclic) bond motifs is 6. The van der Waals surface area contributed by atoms with Crippen molar-refractivity contribution in [3.63, 3.8) is 0 Å². The zero-order valence-corrected chi connectivity index (χ0v) is 17.1. The van der Waals surface area contributed by atoms with Crippen LogP contribution in [0.1, 0.15) is 28.9 Å². The molecule has 3 heterocycles. The minimum atomic E-state index is 0.0692. The highest BCUT2D eigenvalue weighted by Crippen LogP contribution is 2.32. The van der Waals surface area contributed by atoms with Gasteiger partial charge in [0.25, 0.3) is 0 Å². The molecule has 0 fully saturated rings. The van der Waals surface area contributed by atoms with Gasteiger partial charge >= 0.3 is 0 Å². The van der Waals surface area contributed by atoms with Crippen LogP contribution in [0.5, 0.6) is 0 Å². The van der Waals surface area contributed by atoms with Crippen molar-refractivity contribution in [2.45, 2.75) is 30.8 Å². The number of hydrogen-bond acceptors (Lipinski definition) is 5. The van der Waals surface area contributed by atoms with E-state index in [-0.39, 0.29) is 11.7 Å². The van der Waals surface area contributed by atoms with Crippen molar-refractivity contribution in [3.05, 3.63) is 59.8 Å². The second kappa shape index (κ2) is 6.95. The van der Waals surface area contributed by atoms with Crippen molar-refractivity contribution in [1.29, 1.82) is 0 Å². The number of nitrogens with zero attached hydrogens (tertiary/aromatic N) is 4. The smallest absolute Gasteiger partial charge is 0.241 e. The maximum absolute atomic E-state index is 13.2. The van der Waals surface area contributed by atoms with E-state index >= 15 is 0 Å². The molecule has 0 bridgehead atoms. The van der Waals surface area contributed by atoms with Crippen LogP contribution in [-0.2, 0) is 12.8 Å². The Morgan fingerprint density at radius 1 is 1.00 bits per heavy atom. The summed E-state index contributed by atoms with van der Waals surface area (Å²) in [6.45, 7) is 0. The number of carbonyl (C=O) groups is 1. The molecule has 0 unspecified atom stereocenters. The predicted octanol–water partition coefficient (Wildman–Crippen LogP) is 4.77. The Morgan fingerprint density at radius 2 is 1.80 bits per heavy atom. The third-order valence-corrected chi connectivity index (χ3v) is 6.68. The minimum absolute atomic E-state index is 0.0692. The van der Waals surface area contributed by atoms with Gasteiger partial charge in [-0.05, 0) is 43.4 Å². The monoisotopic (exact) mass is 413 g/mol. The number of aryl methyl sites for hydroxylation is 1. The molecule has 1 N–H and O–H groups in total. The molecule has 0 saturated heterocycles. The van der Waals surface area contributed by atoms with E-state index in [0.717, 1.165) is 41.2 Å². The minimum Gasteiger partial charge on any atom is -0.338 e. The van der Waals surface area contributed by atoms with Gasteiger partial charge in [-0.15, -0.1) is 10.2 Å². The summed E-state index contributed by atoms with van der Waals surface area (Å²) in [4.78, 5) is 21.1. The van der Waals surface area contributed by atoms with Crippen LogP contribution < -0.4 is 0 Å². The number of thioether (sulfide) groups is 1. The van der Waals surface area contributed by atoms with Crippen LogP contribution in [0.25, 0.3) is 33.0 Å². The van der Waals surface area contributed by atoms with Crippen LogP contribution in [0.2, 0.25) is 0 Å². The molecule has 1 aliphatic carbocycles. The van der Waals surface area contributed by atoms with Crippen molar-refractivity contribution in [2.24, 2.45) is 0 Å². The summed E-state index contributed by atoms with van der Waals surface area (Å²) in [7, 11) is 0. The van der Waals surface area contributed by atoms with Gasteiger partial charge in [0.2, 0.25) is 11.1 Å². The molecule has 2 aromatic carbocycles. The molecule has 148 valence electrons. The molecule has 1 aliphatic rings. The average molecular weight is 414 g/mol. The zero-order valence-electron chi connectivity index (χ0n) is 16.3. The molecule has 5 aromatic rings. The first-order valence-electron chi connectivity index (χ1n) is 10.2. The lowest BCUT2D eigenvalue weighted by atomic mass is 9.96. The van der Waals surface area contributed by atoms with Gasteiger partial charge in [-0.25, -0.2) is 4.98 Å². The number of aromatic amines is 1. The molecule has 6 nitrogen and oxygen atoms in total. The Balaban J connectivity index is 1.32. The maximum Gasteiger partial charge on any atom is 0.241 e. The number of para-hydroxylation sites is 2. The second-order valence-corrected chi connectivity index (χ2v) is 8.57. The third kappa shape index (κ3) is 2.73. The number of aromatic nitrogens is 5. The fourth-order valence-electron chi connectivity index (χ4n) is 4.54. The molecule has 0 saturated carbocycles. The summed E-state index contributed by atoms with van der Waals surface area (Å²) >= 11 is 1.34. The van der Waals surface area contributed by atoms with Crippen LogP contribution in [0, 0.1) is 0 Å². The van der Waals surface area contributed by atoms with E-state index in [0.29, 0.717) is 10.8 Å². The number of rotatable bonds is 3. The summed E-state index contributed by atoms with van der Waals surface area (Å²) in [5.74, 6) is 0.345. The van der Waals surface area contributed by atoms with Crippen molar-refractivity contribution < 1.29 is 4.79 Å². The number of H-pyrrole nitrogens is 1. The van der Waals surface area contributed by atoms with Gasteiger partial charge < -0.3 is 4.98 Å². The quantitative estimate of drug-likeness (QED) is 0.431. The lowest BCUT2D eigenvalue weighted by Gasteiger charge is -2.14. The molecule has 30 heavy (non-hydrogen) atoms. The van der Waals surface area contributed by atoms with Gasteiger partial charge in [0.1, 0.15) is 5.52 Å². The van der Waals surface area contributed by atoms with Crippen LogP contribution in [-0.4, -0.2) is 36.4 Å². The lowest BCUT2D eigenvalue weighted by molar-refractivity contribution is 0.0943. The summed E-state index contributed by atoms with van der Waals surface area (Å²) in [6.07, 6.45) is 4.33. The first kappa shape index (κ1) is 17.7. The first-order valence-corrected chi connectivity index (χ1v) is 11.2. The predicted molar refractivity (Wildman–Crippen MR) is 119 cm³/mol. The highest BCUT2D eigenvalue weighted by Gasteiger charge is 2.23. The van der Waals surface area contributed by atoms with Gasteiger partial charge in [-0.2, -0.15) is 0 Å². The summed E-state index contributed by atoms with van der Waals surface area (Å²) in [6, 6.07) is 16.2. The van der Waals surface area contributed by atoms with E-state index in [2.05, 4.69) is 32.3 Å². The number of nitrogens with one attached hydrogen (secondary N) is 1. The van der Waals surface area contributed by atoms with E-state index in [9.17, 15) is 4.79 Å². The van der Waals surface area contributed by atoms with E-state index in [1.54, 1.807) is 0 Å². The molecule has 0 radical (unpaired) electrons. The van der Waals surface area contributed by atoms with Crippen molar-refractivity contribution in [2.75, 3.05) is 5.75 Å². The fourth-order valence-corrected chi connectivity index (χ4v) is 5.17. The van der Waals surface area contributed by atoms with Gasteiger partial charge in [0.05, 0.1) is 11.3 Å². The Bertz CT molecular complexity index is 1430. The Kier molecular flexibility index (Phi) is 4.09. The lowest BCUT2D eigenvalue weighted by Crippen LogP contribution is -2.18. The average Bonchev–Trinajstić information content (AvgIpc) is 3.33. The van der Waals surface area contributed by atoms with Crippen LogP contribution in [0.4, 0.5) is 0 Å². The SMILES string of the molecule is O=C(CSc1nnc2c(n1)[nH]c1ccccc12)n1c2c(c3ccccc31)CCCC2. The van der Waals surface area contributed by atoms with E-state index in [4.69, 9.17) is 0 Å². The van der Waals surface area contributed by atoms with Crippen molar-refractivity contribution in [3.8, 4) is 0 Å². The van der Waals surface area contributed by atoms with Crippen LogP contribution >= 0.6 is 11.8 Å². The molecular weight excluding hydrogens is 394 g/mol. The summed E-state index contributed by atoms with van der Waals surface area (Å²) in [5, 5.41) is 11.3. The van der Waals surface area contributed by atoms with Crippen molar-refractivity contribution >= 4 is 50.6 Å². The fraction of sp³-hybridized carbons (Fsp3) is 0.217. The number of benzene rings is 2. The molecule has 3 aromatic heterocycles. The molecule has 7 heteroatoms. The van der Waals surface area contributed by atoms with Gasteiger partial charge in [0, 0.05) is 22.0 Å². The highest BCUT2D eigenvalue weighted by molar-refractivity contribution is 7.99. The highest BCUT2D eigenvalue weighted by atomic mass is 32.2. The number of carbonyl (C=O) groups excluding carboxylic acids is 1.